The molecule has 0 saturated carbocycles. The number of hydrogen-bond acceptors (Lipinski definition) is 2. The Labute approximate surface area is 96.4 Å². The van der Waals surface area contributed by atoms with Gasteiger partial charge in [-0.3, -0.25) is 0 Å². The Balaban J connectivity index is 2.12. The van der Waals surface area contributed by atoms with Gasteiger partial charge < -0.3 is 5.73 Å². The van der Waals surface area contributed by atoms with Gasteiger partial charge in [0.15, 0.2) is 0 Å². The Kier molecular flexibility index (Phi) is 3.37. The highest BCUT2D eigenvalue weighted by atomic mass is 32.2. The minimum Gasteiger partial charge on any atom is -0.327 e. The zero-order valence-corrected chi connectivity index (χ0v) is 10.3. The maximum Gasteiger partial charge on any atom is 0.0170 e. The monoisotopic (exact) mass is 221 g/mol. The third-order valence-electron chi connectivity index (χ3n) is 3.23. The van der Waals surface area contributed by atoms with Gasteiger partial charge in [0.25, 0.3) is 0 Å². The highest BCUT2D eigenvalue weighted by molar-refractivity contribution is 7.99. The van der Waals surface area contributed by atoms with Gasteiger partial charge in [0, 0.05) is 11.8 Å². The molecule has 2 N–H and O–H groups in total. The zero-order valence-electron chi connectivity index (χ0n) is 9.49. The van der Waals surface area contributed by atoms with Crippen molar-refractivity contribution in [1.82, 2.24) is 0 Å². The highest BCUT2D eigenvalue weighted by Gasteiger charge is 2.24. The number of thioether (sulfide) groups is 1. The van der Waals surface area contributed by atoms with Gasteiger partial charge in [0.05, 0.1) is 0 Å². The van der Waals surface area contributed by atoms with Crippen LogP contribution in [-0.2, 0) is 6.42 Å². The van der Waals surface area contributed by atoms with Crippen molar-refractivity contribution in [3.05, 3.63) is 34.9 Å². The lowest BCUT2D eigenvalue weighted by Crippen LogP contribution is -2.29. The minimum absolute atomic E-state index is 0.398. The van der Waals surface area contributed by atoms with Crippen LogP contribution in [0.4, 0.5) is 0 Å². The van der Waals surface area contributed by atoms with Crippen molar-refractivity contribution in [2.24, 2.45) is 11.7 Å². The van der Waals surface area contributed by atoms with Crippen LogP contribution in [0.25, 0.3) is 0 Å². The van der Waals surface area contributed by atoms with E-state index in [4.69, 9.17) is 5.73 Å². The molecular formula is C13H19NS. The van der Waals surface area contributed by atoms with Crippen LogP contribution < -0.4 is 5.73 Å². The molecule has 1 heterocycles. The topological polar surface area (TPSA) is 26.0 Å². The summed E-state index contributed by atoms with van der Waals surface area (Å²) < 4.78 is 0. The maximum atomic E-state index is 6.09. The molecule has 82 valence electrons. The predicted molar refractivity (Wildman–Crippen MR) is 68.4 cm³/mol. The van der Waals surface area contributed by atoms with E-state index in [-0.39, 0.29) is 0 Å². The molecule has 0 radical (unpaired) electrons. The Morgan fingerprint density at radius 3 is 2.80 bits per heavy atom. The molecule has 1 aromatic rings. The second-order valence-corrected chi connectivity index (χ2v) is 5.67. The first-order valence-electron chi connectivity index (χ1n) is 5.56. The number of aryl methyl sites for hydroxylation is 2. The SMILES string of the molecule is Cc1ccc(C)c(CC2CSCC2N)c1. The quantitative estimate of drug-likeness (QED) is 0.830. The predicted octanol–water partition coefficient (Wildman–Crippen LogP) is 2.54. The third-order valence-corrected chi connectivity index (χ3v) is 4.52. The molecule has 1 saturated heterocycles. The van der Waals surface area contributed by atoms with E-state index in [2.05, 4.69) is 32.0 Å². The first-order chi connectivity index (χ1) is 7.16. The van der Waals surface area contributed by atoms with E-state index >= 15 is 0 Å². The average Bonchev–Trinajstić information content (AvgIpc) is 2.58. The molecular weight excluding hydrogens is 202 g/mol. The van der Waals surface area contributed by atoms with Crippen molar-refractivity contribution < 1.29 is 0 Å². The van der Waals surface area contributed by atoms with E-state index in [1.807, 2.05) is 11.8 Å². The molecule has 1 aliphatic heterocycles. The second kappa shape index (κ2) is 4.58. The van der Waals surface area contributed by atoms with Crippen LogP contribution in [0.15, 0.2) is 18.2 Å². The molecule has 2 unspecified atom stereocenters. The minimum atomic E-state index is 0.398. The number of benzene rings is 1. The summed E-state index contributed by atoms with van der Waals surface area (Å²) in [5, 5.41) is 0. The largest absolute Gasteiger partial charge is 0.327 e. The summed E-state index contributed by atoms with van der Waals surface area (Å²) in [5.74, 6) is 3.04. The van der Waals surface area contributed by atoms with Gasteiger partial charge in [-0.1, -0.05) is 23.8 Å². The van der Waals surface area contributed by atoms with Crippen LogP contribution in [0, 0.1) is 19.8 Å². The molecule has 0 aromatic heterocycles. The van der Waals surface area contributed by atoms with E-state index < -0.39 is 0 Å². The average molecular weight is 221 g/mol. The van der Waals surface area contributed by atoms with Crippen LogP contribution in [0.1, 0.15) is 16.7 Å². The van der Waals surface area contributed by atoms with Crippen molar-refractivity contribution in [2.75, 3.05) is 11.5 Å². The van der Waals surface area contributed by atoms with E-state index in [1.54, 1.807) is 0 Å². The molecule has 0 amide bonds. The van der Waals surface area contributed by atoms with Crippen LogP contribution in [-0.4, -0.2) is 17.5 Å². The Bertz CT molecular complexity index is 348. The van der Waals surface area contributed by atoms with E-state index in [0.29, 0.717) is 12.0 Å². The van der Waals surface area contributed by atoms with Crippen LogP contribution in [0.3, 0.4) is 0 Å². The van der Waals surface area contributed by atoms with Gasteiger partial charge in [-0.05, 0) is 43.1 Å². The standard InChI is InChI=1S/C13H19NS/c1-9-3-4-10(2)11(5-9)6-12-7-15-8-13(12)14/h3-5,12-13H,6-8,14H2,1-2H3. The lowest BCUT2D eigenvalue weighted by molar-refractivity contribution is 0.514. The number of nitrogens with two attached hydrogens (primary N) is 1. The normalized spacial score (nSPS) is 25.8. The third kappa shape index (κ3) is 2.56. The molecule has 2 rings (SSSR count). The zero-order chi connectivity index (χ0) is 10.8. The van der Waals surface area contributed by atoms with Gasteiger partial charge in [0.1, 0.15) is 0 Å². The van der Waals surface area contributed by atoms with Gasteiger partial charge in [0.2, 0.25) is 0 Å². The Hall–Kier alpha value is -0.470. The molecule has 2 heteroatoms. The molecule has 0 spiro atoms. The fourth-order valence-electron chi connectivity index (χ4n) is 2.13. The van der Waals surface area contributed by atoms with Crippen LogP contribution >= 0.6 is 11.8 Å². The fraction of sp³-hybridized carbons (Fsp3) is 0.538. The lowest BCUT2D eigenvalue weighted by Gasteiger charge is -2.16. The smallest absolute Gasteiger partial charge is 0.0170 e. The molecule has 1 aromatic carbocycles. The van der Waals surface area contributed by atoms with Crippen molar-refractivity contribution in [1.29, 1.82) is 0 Å². The summed E-state index contributed by atoms with van der Waals surface area (Å²) >= 11 is 1.99. The Morgan fingerprint density at radius 2 is 2.13 bits per heavy atom. The first-order valence-corrected chi connectivity index (χ1v) is 6.72. The lowest BCUT2D eigenvalue weighted by atomic mass is 9.92. The molecule has 1 aliphatic rings. The summed E-state index contributed by atoms with van der Waals surface area (Å²) in [6.07, 6.45) is 1.15. The summed E-state index contributed by atoms with van der Waals surface area (Å²) in [6, 6.07) is 7.11. The van der Waals surface area contributed by atoms with Crippen molar-refractivity contribution in [2.45, 2.75) is 26.3 Å². The Morgan fingerprint density at radius 1 is 1.33 bits per heavy atom. The van der Waals surface area contributed by atoms with Gasteiger partial charge in [-0.15, -0.1) is 0 Å². The molecule has 0 aliphatic carbocycles. The summed E-state index contributed by atoms with van der Waals surface area (Å²) in [6.45, 7) is 4.36. The maximum absolute atomic E-state index is 6.09. The van der Waals surface area contributed by atoms with E-state index in [1.165, 1.54) is 22.4 Å². The summed E-state index contributed by atoms with van der Waals surface area (Å²) in [5.41, 5.74) is 10.3. The van der Waals surface area contributed by atoms with Crippen molar-refractivity contribution in [3.63, 3.8) is 0 Å². The highest BCUT2D eigenvalue weighted by Crippen LogP contribution is 2.27. The van der Waals surface area contributed by atoms with E-state index in [9.17, 15) is 0 Å². The van der Waals surface area contributed by atoms with E-state index in [0.717, 1.165) is 12.2 Å². The summed E-state index contributed by atoms with van der Waals surface area (Å²) in [4.78, 5) is 0. The summed E-state index contributed by atoms with van der Waals surface area (Å²) in [7, 11) is 0. The van der Waals surface area contributed by atoms with Crippen molar-refractivity contribution >= 4 is 11.8 Å². The first kappa shape index (κ1) is 11.0. The number of rotatable bonds is 2. The van der Waals surface area contributed by atoms with Gasteiger partial charge in [-0.25, -0.2) is 0 Å². The molecule has 1 nitrogen and oxygen atoms in total. The molecule has 15 heavy (non-hydrogen) atoms. The van der Waals surface area contributed by atoms with Crippen LogP contribution in [0.5, 0.6) is 0 Å². The number of hydrogen-bond donors (Lipinski definition) is 1. The molecule has 1 fully saturated rings. The molecule has 0 bridgehead atoms. The molecule has 2 atom stereocenters. The van der Waals surface area contributed by atoms with Crippen LogP contribution in [0.2, 0.25) is 0 Å². The van der Waals surface area contributed by atoms with Crippen molar-refractivity contribution in [3.8, 4) is 0 Å². The fourth-order valence-corrected chi connectivity index (χ4v) is 3.48. The second-order valence-electron chi connectivity index (χ2n) is 4.60. The van der Waals surface area contributed by atoms with Gasteiger partial charge >= 0.3 is 0 Å². The van der Waals surface area contributed by atoms with Gasteiger partial charge in [-0.2, -0.15) is 11.8 Å².